The van der Waals surface area contributed by atoms with Crippen molar-refractivity contribution in [2.75, 3.05) is 7.11 Å². The Morgan fingerprint density at radius 2 is 2.04 bits per heavy atom. The molecule has 2 N–H and O–H groups in total. The van der Waals surface area contributed by atoms with E-state index >= 15 is 0 Å². The second kappa shape index (κ2) is 6.03. The average molecular weight is 344 g/mol. The molecule has 2 aliphatic heterocycles. The highest BCUT2D eigenvalue weighted by atomic mass is 32.1. The summed E-state index contributed by atoms with van der Waals surface area (Å²) >= 11 is 5.53. The third-order valence-corrected chi connectivity index (χ3v) is 4.92. The van der Waals surface area contributed by atoms with Crippen molar-refractivity contribution < 1.29 is 13.9 Å². The number of methoxy groups -OCH3 is 1. The number of hydrogen-bond acceptors (Lipinski definition) is 4. The molecule has 3 unspecified atom stereocenters. The molecule has 2 aromatic rings. The molecule has 3 atom stereocenters. The molecule has 124 valence electrons. The molecule has 4 nitrogen and oxygen atoms in total. The first kappa shape index (κ1) is 15.4. The maximum atomic E-state index is 14.1. The number of nitrogens with one attached hydrogen (secondary N) is 2. The van der Waals surface area contributed by atoms with Crippen molar-refractivity contribution in [2.24, 2.45) is 5.92 Å². The molecule has 6 heteroatoms. The zero-order valence-corrected chi connectivity index (χ0v) is 13.9. The predicted octanol–water partition coefficient (Wildman–Crippen LogP) is 2.93. The number of benzene rings is 2. The largest absolute Gasteiger partial charge is 0.493 e. The minimum absolute atomic E-state index is 0.00243. The number of rotatable bonds is 2. The van der Waals surface area contributed by atoms with Crippen molar-refractivity contribution in [3.8, 4) is 11.5 Å². The van der Waals surface area contributed by atoms with Crippen LogP contribution in [0.5, 0.6) is 11.5 Å². The fraction of sp³-hybridized carbons (Fsp3) is 0.278. The van der Waals surface area contributed by atoms with E-state index in [1.54, 1.807) is 25.3 Å². The van der Waals surface area contributed by atoms with Gasteiger partial charge in [-0.05, 0) is 24.1 Å². The number of hydrogen-bond donors (Lipinski definition) is 2. The molecule has 0 aliphatic carbocycles. The number of ether oxygens (including phenoxy) is 2. The van der Waals surface area contributed by atoms with Crippen LogP contribution in [0.3, 0.4) is 0 Å². The van der Waals surface area contributed by atoms with E-state index < -0.39 is 6.17 Å². The number of thiocarbonyl (C=S) groups is 1. The van der Waals surface area contributed by atoms with Gasteiger partial charge >= 0.3 is 0 Å². The molecule has 2 aliphatic rings. The molecule has 0 amide bonds. The lowest BCUT2D eigenvalue weighted by Gasteiger charge is -2.42. The van der Waals surface area contributed by atoms with Crippen LogP contribution in [0.1, 0.15) is 17.3 Å². The summed E-state index contributed by atoms with van der Waals surface area (Å²) in [4.78, 5) is 0.681. The van der Waals surface area contributed by atoms with Gasteiger partial charge in [-0.2, -0.15) is 0 Å². The quantitative estimate of drug-likeness (QED) is 0.820. The van der Waals surface area contributed by atoms with Crippen molar-refractivity contribution in [1.29, 1.82) is 0 Å². The van der Waals surface area contributed by atoms with Gasteiger partial charge in [-0.1, -0.05) is 42.5 Å². The highest BCUT2D eigenvalue weighted by molar-refractivity contribution is 7.80. The normalized spacial score (nSPS) is 25.1. The molecule has 0 bridgehead atoms. The minimum atomic E-state index is -0.420. The van der Waals surface area contributed by atoms with Crippen LogP contribution in [0.2, 0.25) is 0 Å². The summed E-state index contributed by atoms with van der Waals surface area (Å²) in [6.07, 6.45) is 0.00314. The molecule has 1 fully saturated rings. The lowest BCUT2D eigenvalue weighted by atomic mass is 9.91. The molecular formula is C18H17FN2O2S. The molecule has 2 aromatic carbocycles. The van der Waals surface area contributed by atoms with Crippen molar-refractivity contribution in [3.05, 3.63) is 59.4 Å². The number of halogens is 1. The maximum Gasteiger partial charge on any atom is 0.166 e. The number of fused-ring (bicyclic) bond motifs is 2. The zero-order valence-electron chi connectivity index (χ0n) is 13.1. The lowest BCUT2D eigenvalue weighted by Crippen LogP contribution is -2.60. The molecule has 0 saturated carbocycles. The van der Waals surface area contributed by atoms with Crippen LogP contribution in [0.4, 0.5) is 4.39 Å². The molecule has 4 rings (SSSR count). The SMILES string of the molecule is COc1cccc2c1OC1NC(c3ccccc3F)NC(=S)C1C2. The van der Waals surface area contributed by atoms with Crippen molar-refractivity contribution in [2.45, 2.75) is 18.8 Å². The van der Waals surface area contributed by atoms with Gasteiger partial charge in [0.1, 0.15) is 12.0 Å². The predicted molar refractivity (Wildman–Crippen MR) is 92.6 cm³/mol. The first-order valence-corrected chi connectivity index (χ1v) is 8.21. The minimum Gasteiger partial charge on any atom is -0.493 e. The molecule has 0 spiro atoms. The second-order valence-corrected chi connectivity index (χ2v) is 6.37. The molecule has 24 heavy (non-hydrogen) atoms. The molecule has 1 saturated heterocycles. The third-order valence-electron chi connectivity index (χ3n) is 4.50. The summed E-state index contributed by atoms with van der Waals surface area (Å²) < 4.78 is 25.6. The zero-order chi connectivity index (χ0) is 16.7. The van der Waals surface area contributed by atoms with Crippen molar-refractivity contribution in [3.63, 3.8) is 0 Å². The Morgan fingerprint density at radius 3 is 2.83 bits per heavy atom. The van der Waals surface area contributed by atoms with Crippen LogP contribution in [-0.4, -0.2) is 18.3 Å². The Balaban J connectivity index is 1.65. The molecule has 0 aromatic heterocycles. The van der Waals surface area contributed by atoms with Crippen LogP contribution >= 0.6 is 12.2 Å². The Bertz CT molecular complexity index is 798. The van der Waals surface area contributed by atoms with E-state index in [0.29, 0.717) is 16.3 Å². The van der Waals surface area contributed by atoms with Gasteiger partial charge in [-0.25, -0.2) is 4.39 Å². The summed E-state index contributed by atoms with van der Waals surface area (Å²) in [5.41, 5.74) is 1.58. The molecule has 2 heterocycles. The van der Waals surface area contributed by atoms with E-state index in [0.717, 1.165) is 17.7 Å². The van der Waals surface area contributed by atoms with Crippen LogP contribution in [0.25, 0.3) is 0 Å². The second-order valence-electron chi connectivity index (χ2n) is 5.93. The van der Waals surface area contributed by atoms with Crippen LogP contribution in [0, 0.1) is 11.7 Å². The monoisotopic (exact) mass is 344 g/mol. The van der Waals surface area contributed by atoms with Crippen LogP contribution < -0.4 is 20.1 Å². The standard InChI is InChI=1S/C18H17FN2O2S/c1-22-14-8-4-5-10-9-12-17(23-15(10)14)20-16(21-18(12)24)11-6-2-3-7-13(11)19/h2-8,12,16-17,20H,9H2,1H3,(H,21,24). The summed E-state index contributed by atoms with van der Waals surface area (Å²) in [5.74, 6) is 1.14. The third kappa shape index (κ3) is 2.52. The van der Waals surface area contributed by atoms with Gasteiger partial charge in [0.05, 0.1) is 18.0 Å². The van der Waals surface area contributed by atoms with E-state index in [9.17, 15) is 4.39 Å². The topological polar surface area (TPSA) is 42.5 Å². The van der Waals surface area contributed by atoms with Gasteiger partial charge in [-0.3, -0.25) is 5.32 Å². The van der Waals surface area contributed by atoms with Gasteiger partial charge < -0.3 is 14.8 Å². The van der Waals surface area contributed by atoms with Gasteiger partial charge in [0, 0.05) is 5.56 Å². The summed E-state index contributed by atoms with van der Waals surface area (Å²) in [5, 5.41) is 6.52. The van der Waals surface area contributed by atoms with E-state index in [1.165, 1.54) is 6.07 Å². The van der Waals surface area contributed by atoms with E-state index in [-0.39, 0.29) is 18.0 Å². The summed E-state index contributed by atoms with van der Waals surface area (Å²) in [7, 11) is 1.62. The first-order chi connectivity index (χ1) is 11.7. The van der Waals surface area contributed by atoms with Crippen molar-refractivity contribution >= 4 is 17.2 Å². The molecular weight excluding hydrogens is 327 g/mol. The Labute approximate surface area is 145 Å². The van der Waals surface area contributed by atoms with E-state index in [2.05, 4.69) is 10.6 Å². The van der Waals surface area contributed by atoms with Gasteiger partial charge in [0.15, 0.2) is 17.7 Å². The highest BCUT2D eigenvalue weighted by Crippen LogP contribution is 2.39. The maximum absolute atomic E-state index is 14.1. The fourth-order valence-electron chi connectivity index (χ4n) is 3.28. The van der Waals surface area contributed by atoms with E-state index in [4.69, 9.17) is 21.7 Å². The lowest BCUT2D eigenvalue weighted by molar-refractivity contribution is 0.0764. The number of para-hydroxylation sites is 1. The average Bonchev–Trinajstić information content (AvgIpc) is 2.60. The highest BCUT2D eigenvalue weighted by Gasteiger charge is 2.40. The Morgan fingerprint density at radius 1 is 1.21 bits per heavy atom. The van der Waals surface area contributed by atoms with Gasteiger partial charge in [0.2, 0.25) is 0 Å². The Hall–Kier alpha value is -2.18. The molecule has 0 radical (unpaired) electrons. The van der Waals surface area contributed by atoms with Crippen LogP contribution in [-0.2, 0) is 6.42 Å². The van der Waals surface area contributed by atoms with E-state index in [1.807, 2.05) is 18.2 Å². The first-order valence-electron chi connectivity index (χ1n) is 7.81. The smallest absolute Gasteiger partial charge is 0.166 e. The summed E-state index contributed by atoms with van der Waals surface area (Å²) in [6, 6.07) is 12.5. The van der Waals surface area contributed by atoms with Gasteiger partial charge in [-0.15, -0.1) is 0 Å². The summed E-state index contributed by atoms with van der Waals surface area (Å²) in [6.45, 7) is 0. The fourth-order valence-corrected chi connectivity index (χ4v) is 3.61. The Kier molecular flexibility index (Phi) is 3.86. The van der Waals surface area contributed by atoms with Crippen LogP contribution in [0.15, 0.2) is 42.5 Å². The van der Waals surface area contributed by atoms with Crippen molar-refractivity contribution in [1.82, 2.24) is 10.6 Å². The van der Waals surface area contributed by atoms with Gasteiger partial charge in [0.25, 0.3) is 0 Å².